The molecule has 5 aromatic rings. The van der Waals surface area contributed by atoms with Crippen LogP contribution in [0.1, 0.15) is 107 Å². The minimum Gasteiger partial charge on any atom is -0.484 e. The number of nitrogens with zero attached hydrogens (tertiary/aromatic N) is 6. The van der Waals surface area contributed by atoms with Crippen LogP contribution >= 0.6 is 0 Å². The predicted molar refractivity (Wildman–Crippen MR) is 196 cm³/mol. The summed E-state index contributed by atoms with van der Waals surface area (Å²) in [5.41, 5.74) is 5.76. The van der Waals surface area contributed by atoms with Gasteiger partial charge in [-0.15, -0.1) is 10.2 Å². The third-order valence-electron chi connectivity index (χ3n) is 9.67. The minimum absolute atomic E-state index is 0.143. The maximum Gasteiger partial charge on any atom is 0.320 e. The van der Waals surface area contributed by atoms with Gasteiger partial charge < -0.3 is 15.2 Å². The molecule has 2 aliphatic rings. The van der Waals surface area contributed by atoms with E-state index in [1.807, 2.05) is 65.5 Å². The largest absolute Gasteiger partial charge is 0.484 e. The fraction of sp³-hybridized carbons (Fsp3) is 0.410. The Balaban J connectivity index is 0.00000144. The molecule has 3 aromatic heterocycles. The van der Waals surface area contributed by atoms with Crippen molar-refractivity contribution in [2.24, 2.45) is 0 Å². The Kier molecular flexibility index (Phi) is 10.4. The molecule has 1 aliphatic heterocycles. The molecule has 51 heavy (non-hydrogen) atoms. The molecular weight excluding hydrogens is 644 g/mol. The van der Waals surface area contributed by atoms with Crippen LogP contribution in [-0.4, -0.2) is 59.5 Å². The highest BCUT2D eigenvalue weighted by atomic mass is 16.5. The molecule has 2 amide bonds. The van der Waals surface area contributed by atoms with E-state index in [1.54, 1.807) is 0 Å². The maximum absolute atomic E-state index is 13.6. The lowest BCUT2D eigenvalue weighted by molar-refractivity contribution is -0.122. The topological polar surface area (TPSA) is 139 Å². The number of hydrogen-bond acceptors (Lipinski definition) is 7. The van der Waals surface area contributed by atoms with Crippen molar-refractivity contribution >= 4 is 24.0 Å². The van der Waals surface area contributed by atoms with Crippen LogP contribution in [0.25, 0.3) is 11.3 Å². The van der Waals surface area contributed by atoms with Crippen molar-refractivity contribution in [3.63, 3.8) is 0 Å². The summed E-state index contributed by atoms with van der Waals surface area (Å²) < 4.78 is 10.6. The number of ether oxygens (including phenoxy) is 1. The quantitative estimate of drug-likeness (QED) is 0.149. The van der Waals surface area contributed by atoms with Crippen LogP contribution in [-0.2, 0) is 10.2 Å². The number of hydrogen-bond donors (Lipinski definition) is 3. The fourth-order valence-corrected chi connectivity index (χ4v) is 7.09. The standard InChI is InChI=1S/C38H46N8O2.CH2O2/c1-24(2)44-21-9-12-31(44)36-42-41-34-20-17-27(23-45(34)36)48-32-19-18-30(28-10-7-8-11-29(28)32)39-37(47)40-35-22-33(38(4,5)6)43-46(35)26-15-13-25(3)14-16-26;2-1-3/h7-8,10-11,13-17,20,22-24,30-32H,9,12,18-19,21H2,1-6H3,(H2,39,40,47);1H,(H,2,3)/t30-,31-,32+;/m0./s1. The van der Waals surface area contributed by atoms with Crippen LogP contribution in [0.2, 0.25) is 0 Å². The van der Waals surface area contributed by atoms with Crippen LogP contribution in [0.4, 0.5) is 10.6 Å². The zero-order valence-electron chi connectivity index (χ0n) is 30.2. The Labute approximate surface area is 298 Å². The molecule has 12 nitrogen and oxygen atoms in total. The number of carboxylic acid groups (broad SMARTS) is 1. The number of carbonyl (C=O) groups is 2. The summed E-state index contributed by atoms with van der Waals surface area (Å²) in [6.45, 7) is 13.7. The number of likely N-dealkylation sites (tertiary alicyclic amines) is 1. The normalized spacial score (nSPS) is 18.9. The molecule has 1 aliphatic carbocycles. The summed E-state index contributed by atoms with van der Waals surface area (Å²) in [7, 11) is 0. The molecule has 0 unspecified atom stereocenters. The fourth-order valence-electron chi connectivity index (χ4n) is 7.09. The van der Waals surface area contributed by atoms with Gasteiger partial charge in [0, 0.05) is 17.5 Å². The second kappa shape index (κ2) is 14.9. The average Bonchev–Trinajstić information content (AvgIpc) is 3.85. The van der Waals surface area contributed by atoms with Crippen LogP contribution < -0.4 is 15.4 Å². The molecule has 0 radical (unpaired) electrons. The number of aryl methyl sites for hydroxylation is 1. The molecule has 0 spiro atoms. The van der Waals surface area contributed by atoms with Gasteiger partial charge in [-0.3, -0.25) is 19.4 Å². The molecule has 7 rings (SSSR count). The number of urea groups is 1. The van der Waals surface area contributed by atoms with Gasteiger partial charge in [-0.25, -0.2) is 9.48 Å². The van der Waals surface area contributed by atoms with Gasteiger partial charge in [-0.2, -0.15) is 5.10 Å². The number of nitrogens with one attached hydrogen (secondary N) is 2. The van der Waals surface area contributed by atoms with Crippen molar-refractivity contribution in [3.8, 4) is 11.4 Å². The van der Waals surface area contributed by atoms with Gasteiger partial charge in [0.05, 0.1) is 29.7 Å². The number of pyridine rings is 1. The van der Waals surface area contributed by atoms with Gasteiger partial charge in [-0.05, 0) is 88.4 Å². The van der Waals surface area contributed by atoms with E-state index < -0.39 is 0 Å². The third kappa shape index (κ3) is 7.75. The lowest BCUT2D eigenvalue weighted by atomic mass is 9.85. The molecule has 12 heteroatoms. The monoisotopic (exact) mass is 692 g/mol. The zero-order chi connectivity index (χ0) is 36.3. The van der Waals surface area contributed by atoms with Crippen molar-refractivity contribution < 1.29 is 19.4 Å². The summed E-state index contributed by atoms with van der Waals surface area (Å²) in [6.07, 6.45) is 5.63. The molecule has 3 N–H and O–H groups in total. The van der Waals surface area contributed by atoms with Crippen molar-refractivity contribution in [3.05, 3.63) is 101 Å². The van der Waals surface area contributed by atoms with Crippen molar-refractivity contribution in [2.75, 3.05) is 11.9 Å². The number of amides is 2. The second-order valence-electron chi connectivity index (χ2n) is 14.6. The number of aromatic nitrogens is 5. The van der Waals surface area contributed by atoms with E-state index >= 15 is 0 Å². The summed E-state index contributed by atoms with van der Waals surface area (Å²) in [5.74, 6) is 2.38. The van der Waals surface area contributed by atoms with E-state index in [1.165, 1.54) is 5.56 Å². The van der Waals surface area contributed by atoms with Gasteiger partial charge >= 0.3 is 6.03 Å². The van der Waals surface area contributed by atoms with E-state index in [4.69, 9.17) is 19.7 Å². The van der Waals surface area contributed by atoms with Crippen molar-refractivity contribution in [1.82, 2.24) is 34.6 Å². The van der Waals surface area contributed by atoms with Crippen LogP contribution in [0, 0.1) is 6.92 Å². The van der Waals surface area contributed by atoms with Gasteiger partial charge in [0.15, 0.2) is 11.5 Å². The average molecular weight is 693 g/mol. The molecular formula is C39H48N8O4. The Morgan fingerprint density at radius 2 is 1.73 bits per heavy atom. The zero-order valence-corrected chi connectivity index (χ0v) is 30.2. The van der Waals surface area contributed by atoms with E-state index in [2.05, 4.69) is 83.8 Å². The predicted octanol–water partition coefficient (Wildman–Crippen LogP) is 7.54. The first-order valence-corrected chi connectivity index (χ1v) is 17.7. The molecule has 1 saturated heterocycles. The number of fused-ring (bicyclic) bond motifs is 2. The third-order valence-corrected chi connectivity index (χ3v) is 9.67. The van der Waals surface area contributed by atoms with Gasteiger partial charge in [0.25, 0.3) is 6.47 Å². The van der Waals surface area contributed by atoms with Crippen LogP contribution in [0.15, 0.2) is 72.9 Å². The Hall–Kier alpha value is -5.23. The van der Waals surface area contributed by atoms with Gasteiger partial charge in [0.2, 0.25) is 0 Å². The summed E-state index contributed by atoms with van der Waals surface area (Å²) in [4.78, 5) is 24.4. The summed E-state index contributed by atoms with van der Waals surface area (Å²) >= 11 is 0. The van der Waals surface area contributed by atoms with Gasteiger partial charge in [0.1, 0.15) is 17.7 Å². The molecule has 268 valence electrons. The lowest BCUT2D eigenvalue weighted by Gasteiger charge is -2.32. The summed E-state index contributed by atoms with van der Waals surface area (Å²) in [6, 6.07) is 22.6. The Morgan fingerprint density at radius 3 is 2.43 bits per heavy atom. The first-order valence-electron chi connectivity index (χ1n) is 17.7. The summed E-state index contributed by atoms with van der Waals surface area (Å²) in [5, 5.41) is 27.2. The number of anilines is 1. The first kappa shape index (κ1) is 35.6. The highest BCUT2D eigenvalue weighted by molar-refractivity contribution is 5.89. The van der Waals surface area contributed by atoms with E-state index in [-0.39, 0.29) is 36.1 Å². The molecule has 0 saturated carbocycles. The molecule has 2 aromatic carbocycles. The van der Waals surface area contributed by atoms with E-state index in [0.717, 1.165) is 72.0 Å². The molecule has 1 fully saturated rings. The second-order valence-corrected chi connectivity index (χ2v) is 14.6. The highest BCUT2D eigenvalue weighted by Gasteiger charge is 2.33. The number of carbonyl (C=O) groups excluding carboxylic acids is 1. The van der Waals surface area contributed by atoms with E-state index in [0.29, 0.717) is 11.9 Å². The van der Waals surface area contributed by atoms with Crippen molar-refractivity contribution in [1.29, 1.82) is 0 Å². The minimum atomic E-state index is -0.268. The molecule has 3 atom stereocenters. The molecule has 4 heterocycles. The van der Waals surface area contributed by atoms with Crippen molar-refractivity contribution in [2.45, 2.75) is 96.9 Å². The SMILES string of the molecule is Cc1ccc(-n2nc(C(C)(C)C)cc2NC(=O)N[C@H]2CC[C@@H](Oc3ccc4nnc([C@@H]5CCCN5C(C)C)n4c3)c3ccccc32)cc1.O=CO. The first-order chi connectivity index (χ1) is 24.5. The molecule has 0 bridgehead atoms. The lowest BCUT2D eigenvalue weighted by Crippen LogP contribution is -2.36. The number of benzene rings is 2. The van der Waals surface area contributed by atoms with Crippen LogP contribution in [0.5, 0.6) is 5.75 Å². The Morgan fingerprint density at radius 1 is 1.00 bits per heavy atom. The smallest absolute Gasteiger partial charge is 0.320 e. The highest BCUT2D eigenvalue weighted by Crippen LogP contribution is 2.39. The van der Waals surface area contributed by atoms with Crippen LogP contribution in [0.3, 0.4) is 0 Å². The van der Waals surface area contributed by atoms with E-state index in [9.17, 15) is 4.79 Å². The number of rotatable bonds is 7. The van der Waals surface area contributed by atoms with Gasteiger partial charge in [-0.1, -0.05) is 62.7 Å². The maximum atomic E-state index is 13.6. The Bertz CT molecular complexity index is 1980.